The van der Waals surface area contributed by atoms with Crippen LogP contribution in [0.15, 0.2) is 91.0 Å². The van der Waals surface area contributed by atoms with Crippen molar-refractivity contribution in [3.63, 3.8) is 0 Å². The zero-order valence-corrected chi connectivity index (χ0v) is 21.2. The lowest BCUT2D eigenvalue weighted by atomic mass is 10.0. The van der Waals surface area contributed by atoms with Crippen molar-refractivity contribution >= 4 is 5.97 Å². The highest BCUT2D eigenvalue weighted by atomic mass is 16.5. The van der Waals surface area contributed by atoms with Gasteiger partial charge in [0.1, 0.15) is 5.82 Å². The minimum Gasteiger partial charge on any atom is -0.466 e. The smallest absolute Gasteiger partial charge is 0.305 e. The maximum atomic E-state index is 11.6. The molecule has 0 saturated heterocycles. The second kappa shape index (κ2) is 13.4. The number of aromatic nitrogens is 2. The summed E-state index contributed by atoms with van der Waals surface area (Å²) in [5.74, 6) is 1.02. The molecule has 36 heavy (non-hydrogen) atoms. The molecule has 3 aromatic carbocycles. The predicted molar refractivity (Wildman–Crippen MR) is 147 cm³/mol. The highest BCUT2D eigenvalue weighted by Gasteiger charge is 2.20. The number of carbonyl (C=O) groups excluding carboxylic acids is 1. The van der Waals surface area contributed by atoms with Gasteiger partial charge in [0.15, 0.2) is 0 Å². The van der Waals surface area contributed by atoms with Crippen LogP contribution >= 0.6 is 0 Å². The number of benzene rings is 3. The molecular weight excluding hydrogens is 444 g/mol. The van der Waals surface area contributed by atoms with Gasteiger partial charge in [-0.05, 0) is 25.3 Å². The molecule has 4 rings (SSSR count). The quantitative estimate of drug-likeness (QED) is 0.145. The van der Waals surface area contributed by atoms with E-state index in [1.165, 1.54) is 16.8 Å². The average Bonchev–Trinajstić information content (AvgIpc) is 3.27. The summed E-state index contributed by atoms with van der Waals surface area (Å²) in [5, 5.41) is 0. The molecule has 0 atom stereocenters. The maximum Gasteiger partial charge on any atom is 0.305 e. The Hall–Kier alpha value is -3.66. The van der Waals surface area contributed by atoms with E-state index in [0.717, 1.165) is 62.2 Å². The molecule has 0 N–H and O–H groups in total. The zero-order chi connectivity index (χ0) is 25.0. The Kier molecular flexibility index (Phi) is 9.49. The van der Waals surface area contributed by atoms with Gasteiger partial charge in [-0.3, -0.25) is 4.79 Å². The number of nitrogens with zero attached hydrogens (tertiary/aromatic N) is 2. The Morgan fingerprint density at radius 1 is 0.750 bits per heavy atom. The summed E-state index contributed by atoms with van der Waals surface area (Å²) >= 11 is 0. The number of rotatable bonds is 13. The van der Waals surface area contributed by atoms with Gasteiger partial charge in [0.25, 0.3) is 0 Å². The van der Waals surface area contributed by atoms with Crippen molar-refractivity contribution in [3.05, 3.63) is 102 Å². The van der Waals surface area contributed by atoms with Crippen molar-refractivity contribution in [1.29, 1.82) is 0 Å². The summed E-state index contributed by atoms with van der Waals surface area (Å²) in [7, 11) is 0. The number of ether oxygens (including phenoxy) is 1. The van der Waals surface area contributed by atoms with Crippen LogP contribution in [0.3, 0.4) is 0 Å². The molecule has 1 heterocycles. The number of unbranched alkanes of at least 4 members (excludes halogenated alkanes) is 4. The first kappa shape index (κ1) is 25.4. The van der Waals surface area contributed by atoms with Gasteiger partial charge in [0.05, 0.1) is 18.0 Å². The zero-order valence-electron chi connectivity index (χ0n) is 21.2. The third-order valence-electron chi connectivity index (χ3n) is 6.41. The molecule has 0 aliphatic rings. The van der Waals surface area contributed by atoms with Crippen molar-refractivity contribution in [3.8, 4) is 22.5 Å². The van der Waals surface area contributed by atoms with Gasteiger partial charge < -0.3 is 9.30 Å². The van der Waals surface area contributed by atoms with Crippen LogP contribution in [0.1, 0.15) is 56.8 Å². The Labute approximate surface area is 215 Å². The van der Waals surface area contributed by atoms with Crippen LogP contribution in [-0.2, 0) is 22.5 Å². The first-order valence-electron chi connectivity index (χ1n) is 13.2. The molecule has 0 aliphatic carbocycles. The van der Waals surface area contributed by atoms with E-state index in [1.807, 2.05) is 6.92 Å². The minimum atomic E-state index is -0.0811. The molecule has 0 aliphatic heterocycles. The van der Waals surface area contributed by atoms with Gasteiger partial charge in [-0.25, -0.2) is 4.98 Å². The van der Waals surface area contributed by atoms with Crippen molar-refractivity contribution in [2.75, 3.05) is 6.61 Å². The van der Waals surface area contributed by atoms with Crippen molar-refractivity contribution < 1.29 is 9.53 Å². The Morgan fingerprint density at radius 3 is 2.00 bits per heavy atom. The lowest BCUT2D eigenvalue weighted by Gasteiger charge is -2.14. The molecule has 0 fully saturated rings. The summed E-state index contributed by atoms with van der Waals surface area (Å²) in [5.41, 5.74) is 5.83. The van der Waals surface area contributed by atoms with E-state index in [1.54, 1.807) is 0 Å². The normalized spacial score (nSPS) is 10.9. The fourth-order valence-electron chi connectivity index (χ4n) is 4.64. The van der Waals surface area contributed by atoms with E-state index in [4.69, 9.17) is 9.72 Å². The van der Waals surface area contributed by atoms with Crippen LogP contribution in [-0.4, -0.2) is 22.1 Å². The van der Waals surface area contributed by atoms with Gasteiger partial charge in [-0.15, -0.1) is 0 Å². The number of imidazole rings is 1. The molecule has 0 radical (unpaired) electrons. The Morgan fingerprint density at radius 2 is 1.33 bits per heavy atom. The number of hydrogen-bond donors (Lipinski definition) is 0. The van der Waals surface area contributed by atoms with Crippen LogP contribution in [0, 0.1) is 0 Å². The Balaban J connectivity index is 1.56. The van der Waals surface area contributed by atoms with E-state index >= 15 is 0 Å². The summed E-state index contributed by atoms with van der Waals surface area (Å²) < 4.78 is 7.47. The van der Waals surface area contributed by atoms with E-state index in [2.05, 4.69) is 95.6 Å². The van der Waals surface area contributed by atoms with Crippen molar-refractivity contribution in [1.82, 2.24) is 9.55 Å². The predicted octanol–water partition coefficient (Wildman–Crippen LogP) is 7.71. The van der Waals surface area contributed by atoms with E-state index in [9.17, 15) is 4.79 Å². The Bertz CT molecular complexity index is 1200. The van der Waals surface area contributed by atoms with Crippen LogP contribution < -0.4 is 0 Å². The van der Waals surface area contributed by atoms with Gasteiger partial charge in [-0.1, -0.05) is 110 Å². The monoisotopic (exact) mass is 480 g/mol. The van der Waals surface area contributed by atoms with Crippen LogP contribution in [0.4, 0.5) is 0 Å². The second-order valence-electron chi connectivity index (χ2n) is 9.09. The van der Waals surface area contributed by atoms with E-state index in [0.29, 0.717) is 13.0 Å². The second-order valence-corrected chi connectivity index (χ2v) is 9.09. The fourth-order valence-corrected chi connectivity index (χ4v) is 4.64. The molecule has 0 spiro atoms. The SMILES string of the molecule is CCOC(=O)CCCCCCCn1c(Cc2ccccc2)nc(-c2ccccc2)c1-c1ccccc1. The maximum absolute atomic E-state index is 11.6. The number of carbonyl (C=O) groups is 1. The van der Waals surface area contributed by atoms with E-state index < -0.39 is 0 Å². The van der Waals surface area contributed by atoms with E-state index in [-0.39, 0.29) is 5.97 Å². The molecule has 0 amide bonds. The third-order valence-corrected chi connectivity index (χ3v) is 6.41. The number of esters is 1. The van der Waals surface area contributed by atoms with Crippen LogP contribution in [0.5, 0.6) is 0 Å². The third kappa shape index (κ3) is 6.94. The molecule has 0 saturated carbocycles. The largest absolute Gasteiger partial charge is 0.466 e. The molecule has 4 nitrogen and oxygen atoms in total. The van der Waals surface area contributed by atoms with Crippen LogP contribution in [0.2, 0.25) is 0 Å². The topological polar surface area (TPSA) is 44.1 Å². The first-order valence-corrected chi connectivity index (χ1v) is 13.2. The lowest BCUT2D eigenvalue weighted by Crippen LogP contribution is -2.07. The summed E-state index contributed by atoms with van der Waals surface area (Å²) in [6.07, 6.45) is 6.60. The first-order chi connectivity index (χ1) is 17.8. The summed E-state index contributed by atoms with van der Waals surface area (Å²) in [6.45, 7) is 3.24. The highest BCUT2D eigenvalue weighted by Crippen LogP contribution is 2.34. The fraction of sp³-hybridized carbons (Fsp3) is 0.312. The molecule has 4 heteroatoms. The highest BCUT2D eigenvalue weighted by molar-refractivity contribution is 5.79. The minimum absolute atomic E-state index is 0.0811. The lowest BCUT2D eigenvalue weighted by molar-refractivity contribution is -0.143. The summed E-state index contributed by atoms with van der Waals surface area (Å²) in [6, 6.07) is 31.7. The number of hydrogen-bond acceptors (Lipinski definition) is 3. The van der Waals surface area contributed by atoms with Gasteiger partial charge >= 0.3 is 5.97 Å². The molecule has 4 aromatic rings. The molecule has 1 aromatic heterocycles. The van der Waals surface area contributed by atoms with Gasteiger partial charge in [-0.2, -0.15) is 0 Å². The molecule has 0 bridgehead atoms. The van der Waals surface area contributed by atoms with Crippen molar-refractivity contribution in [2.45, 2.75) is 58.4 Å². The van der Waals surface area contributed by atoms with Crippen molar-refractivity contribution in [2.24, 2.45) is 0 Å². The molecule has 0 unspecified atom stereocenters. The molecule has 186 valence electrons. The van der Waals surface area contributed by atoms with Gasteiger partial charge in [0, 0.05) is 30.5 Å². The standard InChI is InChI=1S/C32H36N2O2/c1-2-36-30(35)23-15-4-3-5-16-24-34-29(25-26-17-9-6-10-18-26)33-31(27-19-11-7-12-20-27)32(34)28-21-13-8-14-22-28/h6-14,17-22H,2-5,15-16,23-25H2,1H3. The van der Waals surface area contributed by atoms with Gasteiger partial charge in [0.2, 0.25) is 0 Å². The molecular formula is C32H36N2O2. The summed E-state index contributed by atoms with van der Waals surface area (Å²) in [4.78, 5) is 16.8. The average molecular weight is 481 g/mol. The van der Waals surface area contributed by atoms with Crippen LogP contribution in [0.25, 0.3) is 22.5 Å².